The maximum absolute atomic E-state index is 12.0. The fourth-order valence-corrected chi connectivity index (χ4v) is 2.79. The normalized spacial score (nSPS) is 10.9. The molecule has 1 amide bonds. The Morgan fingerprint density at radius 2 is 1.85 bits per heavy atom. The van der Waals surface area contributed by atoms with E-state index in [-0.39, 0.29) is 5.91 Å². The number of halogens is 2. The van der Waals surface area contributed by atoms with Crippen LogP contribution in [0.25, 0.3) is 17.4 Å². The van der Waals surface area contributed by atoms with Crippen molar-refractivity contribution in [1.29, 1.82) is 0 Å². The van der Waals surface area contributed by atoms with Crippen LogP contribution in [0.3, 0.4) is 0 Å². The van der Waals surface area contributed by atoms with Gasteiger partial charge in [-0.15, -0.1) is 0 Å². The van der Waals surface area contributed by atoms with Crippen molar-refractivity contribution < 1.29 is 13.9 Å². The summed E-state index contributed by atoms with van der Waals surface area (Å²) in [6, 6.07) is 15.8. The second-order valence-corrected chi connectivity index (χ2v) is 6.22. The molecule has 0 fully saturated rings. The van der Waals surface area contributed by atoms with Crippen molar-refractivity contribution in [2.75, 3.05) is 12.4 Å². The van der Waals surface area contributed by atoms with E-state index >= 15 is 0 Å². The first kappa shape index (κ1) is 18.1. The Balaban J connectivity index is 1.66. The van der Waals surface area contributed by atoms with Gasteiger partial charge in [0, 0.05) is 22.3 Å². The molecule has 0 spiro atoms. The molecule has 0 aliphatic heterocycles. The van der Waals surface area contributed by atoms with Gasteiger partial charge in [-0.2, -0.15) is 0 Å². The van der Waals surface area contributed by atoms with Crippen LogP contribution < -0.4 is 10.1 Å². The molecule has 1 heterocycles. The summed E-state index contributed by atoms with van der Waals surface area (Å²) in [6.07, 6.45) is 2.99. The van der Waals surface area contributed by atoms with Crippen molar-refractivity contribution in [3.05, 3.63) is 76.5 Å². The third kappa shape index (κ3) is 4.48. The van der Waals surface area contributed by atoms with E-state index < -0.39 is 0 Å². The van der Waals surface area contributed by atoms with Gasteiger partial charge < -0.3 is 14.5 Å². The van der Waals surface area contributed by atoms with Crippen molar-refractivity contribution in [2.45, 2.75) is 0 Å². The van der Waals surface area contributed by atoms with Crippen molar-refractivity contribution in [2.24, 2.45) is 0 Å². The van der Waals surface area contributed by atoms with Gasteiger partial charge in [-0.05, 0) is 60.7 Å². The van der Waals surface area contributed by atoms with Crippen LogP contribution in [0.15, 0.2) is 65.1 Å². The number of methoxy groups -OCH3 is 1. The van der Waals surface area contributed by atoms with Crippen LogP contribution in [0, 0.1) is 0 Å². The van der Waals surface area contributed by atoms with Crippen molar-refractivity contribution in [1.82, 2.24) is 0 Å². The highest BCUT2D eigenvalue weighted by Gasteiger charge is 2.08. The molecule has 1 N–H and O–H groups in total. The van der Waals surface area contributed by atoms with Gasteiger partial charge in [0.15, 0.2) is 0 Å². The Kier molecular flexibility index (Phi) is 5.66. The van der Waals surface area contributed by atoms with E-state index in [4.69, 9.17) is 32.4 Å². The van der Waals surface area contributed by atoms with Crippen molar-refractivity contribution >= 4 is 40.9 Å². The van der Waals surface area contributed by atoms with E-state index in [2.05, 4.69) is 5.32 Å². The monoisotopic (exact) mass is 387 g/mol. The van der Waals surface area contributed by atoms with E-state index in [0.717, 1.165) is 11.3 Å². The zero-order valence-electron chi connectivity index (χ0n) is 13.8. The minimum absolute atomic E-state index is 0.266. The van der Waals surface area contributed by atoms with Gasteiger partial charge in [0.05, 0.1) is 12.1 Å². The van der Waals surface area contributed by atoms with Crippen LogP contribution in [0.2, 0.25) is 10.0 Å². The molecule has 0 unspecified atom stereocenters. The van der Waals surface area contributed by atoms with Gasteiger partial charge >= 0.3 is 0 Å². The van der Waals surface area contributed by atoms with Crippen molar-refractivity contribution in [3.8, 4) is 17.1 Å². The fraction of sp³-hybridized carbons (Fsp3) is 0.0500. The molecule has 2 aromatic carbocycles. The highest BCUT2D eigenvalue weighted by molar-refractivity contribution is 6.36. The average molecular weight is 388 g/mol. The number of amides is 1. The molecule has 0 radical (unpaired) electrons. The summed E-state index contributed by atoms with van der Waals surface area (Å²) in [5.41, 5.74) is 1.41. The van der Waals surface area contributed by atoms with Gasteiger partial charge in [0.2, 0.25) is 5.91 Å². The van der Waals surface area contributed by atoms with Crippen molar-refractivity contribution in [3.63, 3.8) is 0 Å². The maximum Gasteiger partial charge on any atom is 0.248 e. The van der Waals surface area contributed by atoms with Gasteiger partial charge in [-0.1, -0.05) is 23.2 Å². The van der Waals surface area contributed by atoms with Crippen LogP contribution in [0.1, 0.15) is 5.76 Å². The molecule has 26 heavy (non-hydrogen) atoms. The summed E-state index contributed by atoms with van der Waals surface area (Å²) >= 11 is 12.1. The number of carbonyl (C=O) groups is 1. The van der Waals surface area contributed by atoms with E-state index in [1.165, 1.54) is 6.08 Å². The molecule has 0 atom stereocenters. The van der Waals surface area contributed by atoms with Crippen LogP contribution in [-0.2, 0) is 4.79 Å². The molecule has 0 saturated carbocycles. The Hall–Kier alpha value is -2.69. The topological polar surface area (TPSA) is 51.5 Å². The molecule has 1 aromatic heterocycles. The quantitative estimate of drug-likeness (QED) is 0.553. The molecule has 0 aliphatic carbocycles. The SMILES string of the molecule is COc1ccc(NC(=O)/C=C/c2ccc(-c3ccc(Cl)cc3Cl)o2)cc1. The second-order valence-electron chi connectivity index (χ2n) is 5.38. The first-order chi connectivity index (χ1) is 12.5. The average Bonchev–Trinajstić information content (AvgIpc) is 3.09. The van der Waals surface area contributed by atoms with E-state index in [9.17, 15) is 4.79 Å². The minimum Gasteiger partial charge on any atom is -0.497 e. The van der Waals surface area contributed by atoms with Crippen LogP contribution in [-0.4, -0.2) is 13.0 Å². The highest BCUT2D eigenvalue weighted by Crippen LogP contribution is 2.31. The Morgan fingerprint density at radius 3 is 2.54 bits per heavy atom. The Morgan fingerprint density at radius 1 is 1.08 bits per heavy atom. The number of hydrogen-bond donors (Lipinski definition) is 1. The predicted molar refractivity (Wildman–Crippen MR) is 105 cm³/mol. The number of carbonyl (C=O) groups excluding carboxylic acids is 1. The Labute approximate surface area is 161 Å². The number of ether oxygens (including phenoxy) is 1. The molecule has 3 aromatic rings. The van der Waals surface area contributed by atoms with Gasteiger partial charge in [-0.25, -0.2) is 0 Å². The zero-order chi connectivity index (χ0) is 18.5. The fourth-order valence-electron chi connectivity index (χ4n) is 2.29. The lowest BCUT2D eigenvalue weighted by molar-refractivity contribution is -0.111. The summed E-state index contributed by atoms with van der Waals surface area (Å²) < 4.78 is 10.8. The number of benzene rings is 2. The predicted octanol–water partition coefficient (Wildman–Crippen LogP) is 5.91. The summed E-state index contributed by atoms with van der Waals surface area (Å²) in [4.78, 5) is 12.0. The highest BCUT2D eigenvalue weighted by atomic mass is 35.5. The summed E-state index contributed by atoms with van der Waals surface area (Å²) in [5, 5.41) is 3.81. The zero-order valence-corrected chi connectivity index (χ0v) is 15.3. The van der Waals surface area contributed by atoms with E-state index in [1.807, 2.05) is 0 Å². The molecule has 4 nitrogen and oxygen atoms in total. The third-order valence-corrected chi connectivity index (χ3v) is 4.13. The van der Waals surface area contributed by atoms with Gasteiger partial charge in [0.25, 0.3) is 0 Å². The van der Waals surface area contributed by atoms with Crippen LogP contribution >= 0.6 is 23.2 Å². The van der Waals surface area contributed by atoms with Gasteiger partial charge in [0.1, 0.15) is 17.3 Å². The molecule has 132 valence electrons. The minimum atomic E-state index is -0.266. The lowest BCUT2D eigenvalue weighted by Crippen LogP contribution is -2.07. The molecule has 6 heteroatoms. The largest absolute Gasteiger partial charge is 0.497 e. The van der Waals surface area contributed by atoms with Crippen LogP contribution in [0.5, 0.6) is 5.75 Å². The molecular weight excluding hydrogens is 373 g/mol. The lowest BCUT2D eigenvalue weighted by Gasteiger charge is -2.03. The molecular formula is C20H15Cl2NO3. The standard InChI is InChI=1S/C20H15Cl2NO3/c1-25-15-5-3-14(4-6-15)23-20(24)11-8-16-7-10-19(26-16)17-9-2-13(21)12-18(17)22/h2-12H,1H3,(H,23,24)/b11-8+. The number of anilines is 1. The number of nitrogens with one attached hydrogen (secondary N) is 1. The number of rotatable bonds is 5. The first-order valence-corrected chi connectivity index (χ1v) is 8.49. The summed E-state index contributed by atoms with van der Waals surface area (Å²) in [7, 11) is 1.59. The third-order valence-electron chi connectivity index (χ3n) is 3.58. The molecule has 3 rings (SSSR count). The summed E-state index contributed by atoms with van der Waals surface area (Å²) in [5.74, 6) is 1.60. The van der Waals surface area contributed by atoms with Crippen LogP contribution in [0.4, 0.5) is 5.69 Å². The first-order valence-electron chi connectivity index (χ1n) is 7.73. The second kappa shape index (κ2) is 8.13. The lowest BCUT2D eigenvalue weighted by atomic mass is 10.2. The smallest absolute Gasteiger partial charge is 0.248 e. The number of furan rings is 1. The van der Waals surface area contributed by atoms with E-state index in [0.29, 0.717) is 27.3 Å². The Bertz CT molecular complexity index is 946. The van der Waals surface area contributed by atoms with Gasteiger partial charge in [-0.3, -0.25) is 4.79 Å². The maximum atomic E-state index is 12.0. The number of hydrogen-bond acceptors (Lipinski definition) is 3. The molecule has 0 saturated heterocycles. The summed E-state index contributed by atoms with van der Waals surface area (Å²) in [6.45, 7) is 0. The van der Waals surface area contributed by atoms with E-state index in [1.54, 1.807) is 67.8 Å². The molecule has 0 aliphatic rings. The molecule has 0 bridgehead atoms.